The normalized spacial score (nSPS) is 10.6. The molecule has 0 heterocycles. The third-order valence-corrected chi connectivity index (χ3v) is 4.10. The van der Waals surface area contributed by atoms with Gasteiger partial charge in [-0.05, 0) is 44.2 Å². The van der Waals surface area contributed by atoms with Gasteiger partial charge in [0.05, 0.1) is 7.11 Å². The molecule has 3 N–H and O–H groups in total. The van der Waals surface area contributed by atoms with Crippen molar-refractivity contribution in [3.63, 3.8) is 0 Å². The maximum Gasteiger partial charge on any atom is 0.360 e. The fourth-order valence-corrected chi connectivity index (χ4v) is 2.65. The molecule has 0 aliphatic carbocycles. The zero-order valence-corrected chi connectivity index (χ0v) is 20.2. The van der Waals surface area contributed by atoms with Gasteiger partial charge in [0.1, 0.15) is 25.9 Å². The van der Waals surface area contributed by atoms with Gasteiger partial charge in [0.2, 0.25) is 0 Å². The molecule has 0 aliphatic rings. The lowest BCUT2D eigenvalue weighted by Crippen LogP contribution is -2.29. The molecule has 0 aromatic heterocycles. The molecule has 0 unspecified atom stereocenters. The summed E-state index contributed by atoms with van der Waals surface area (Å²) in [5.74, 6) is -2.27. The first kappa shape index (κ1) is 30.1. The van der Waals surface area contributed by atoms with Crippen LogP contribution in [0.5, 0.6) is 0 Å². The van der Waals surface area contributed by atoms with Gasteiger partial charge in [-0.25, -0.2) is 13.6 Å². The van der Waals surface area contributed by atoms with E-state index in [-0.39, 0.29) is 22.6 Å². The molecule has 0 bridgehead atoms. The number of hydrogen-bond donors (Lipinski definition) is 2. The number of likely N-dealkylation sites (N-methyl/N-ethyl adjacent to an activating group) is 1. The van der Waals surface area contributed by atoms with Crippen molar-refractivity contribution in [1.82, 2.24) is 5.32 Å². The lowest BCUT2D eigenvalue weighted by Gasteiger charge is -2.08. The number of rotatable bonds is 6. The predicted octanol–water partition coefficient (Wildman–Crippen LogP) is 2.46. The predicted molar refractivity (Wildman–Crippen MR) is 126 cm³/mol. The van der Waals surface area contributed by atoms with E-state index in [1.165, 1.54) is 47.6 Å². The first-order chi connectivity index (χ1) is 16.2. The van der Waals surface area contributed by atoms with E-state index in [2.05, 4.69) is 35.8 Å². The number of hydrogen-bond acceptors (Lipinski definition) is 8. The summed E-state index contributed by atoms with van der Waals surface area (Å²) in [4.78, 5) is 32.0. The van der Waals surface area contributed by atoms with Crippen LogP contribution >= 0.6 is 0 Å². The number of oxime groups is 2. The summed E-state index contributed by atoms with van der Waals surface area (Å²) >= 11 is 0. The highest BCUT2D eigenvalue weighted by atomic mass is 19.1. The van der Waals surface area contributed by atoms with Crippen LogP contribution in [0.2, 0.25) is 0 Å². The Hall–Kier alpha value is -3.86. The first-order valence-corrected chi connectivity index (χ1v) is 9.84. The number of amides is 1. The summed E-state index contributed by atoms with van der Waals surface area (Å²) in [6.07, 6.45) is 0. The van der Waals surface area contributed by atoms with Crippen LogP contribution in [0.4, 0.5) is 8.78 Å². The maximum atomic E-state index is 13.6. The fraction of sp³-hybridized carbons (Fsp3) is 0.304. The Bertz CT molecular complexity index is 904. The van der Waals surface area contributed by atoms with Gasteiger partial charge in [-0.3, -0.25) is 4.79 Å². The minimum atomic E-state index is -0.741. The van der Waals surface area contributed by atoms with Crippen molar-refractivity contribution in [3.8, 4) is 0 Å². The Morgan fingerprint density at radius 1 is 0.824 bits per heavy atom. The van der Waals surface area contributed by atoms with E-state index >= 15 is 0 Å². The van der Waals surface area contributed by atoms with E-state index < -0.39 is 23.5 Å². The average Bonchev–Trinajstić information content (AvgIpc) is 2.83. The lowest BCUT2D eigenvalue weighted by atomic mass is 10.0. The highest BCUT2D eigenvalue weighted by Crippen LogP contribution is 2.15. The average molecular weight is 481 g/mol. The van der Waals surface area contributed by atoms with Crippen LogP contribution in [0.15, 0.2) is 46.7 Å². The Labute approximate surface area is 197 Å². The number of carbonyl (C=O) groups is 2. The van der Waals surface area contributed by atoms with Crippen LogP contribution < -0.4 is 11.1 Å². The van der Waals surface area contributed by atoms with Crippen molar-refractivity contribution in [2.45, 2.75) is 13.8 Å². The zero-order valence-electron chi connectivity index (χ0n) is 20.2. The second kappa shape index (κ2) is 15.9. The Balaban J connectivity index is 0.000000597. The summed E-state index contributed by atoms with van der Waals surface area (Å²) < 4.78 is 31.7. The first-order valence-electron chi connectivity index (χ1n) is 9.84. The molecule has 1 amide bonds. The van der Waals surface area contributed by atoms with Crippen LogP contribution in [-0.4, -0.2) is 58.7 Å². The van der Waals surface area contributed by atoms with Gasteiger partial charge in [0.25, 0.3) is 5.91 Å². The molecule has 2 rings (SSSR count). The molecular formula is C23H30F2N4O5. The number of benzene rings is 2. The fourth-order valence-electron chi connectivity index (χ4n) is 2.65. The van der Waals surface area contributed by atoms with Crippen LogP contribution in [0.1, 0.15) is 22.3 Å². The second-order valence-corrected chi connectivity index (χ2v) is 6.18. The number of nitrogens with zero attached hydrogens (tertiary/aromatic N) is 2. The molecule has 34 heavy (non-hydrogen) atoms. The van der Waals surface area contributed by atoms with Crippen molar-refractivity contribution in [2.75, 3.05) is 35.4 Å². The number of aryl methyl sites for hydroxylation is 2. The maximum absolute atomic E-state index is 13.6. The zero-order chi connectivity index (χ0) is 26.3. The SMILES string of the molecule is CN.CNC(=O)C(=NOC)c1c(C)cccc1F.CON=C(C(=O)OC)c1c(C)cccc1F. The standard InChI is InChI=1S/C11H13FN2O2.C11H12FNO3.CH5N/c1-7-5-4-6-8(12)9(7)10(14-16-3)11(15)13-2;1-7-5-4-6-8(12)9(7)10(13-16-3)11(14)15-2;1-2/h4-6H,1-3H3,(H,13,15);4-6H,1-3H3;2H2,1H3. The summed E-state index contributed by atoms with van der Waals surface area (Å²) in [7, 11) is 6.73. The van der Waals surface area contributed by atoms with Crippen molar-refractivity contribution < 1.29 is 32.8 Å². The molecule has 9 nitrogen and oxygen atoms in total. The van der Waals surface area contributed by atoms with E-state index in [1.807, 2.05) is 0 Å². The van der Waals surface area contributed by atoms with Crippen LogP contribution in [0, 0.1) is 25.5 Å². The number of ether oxygens (including phenoxy) is 1. The highest BCUT2D eigenvalue weighted by Gasteiger charge is 2.21. The van der Waals surface area contributed by atoms with Crippen molar-refractivity contribution in [2.24, 2.45) is 16.0 Å². The topological polar surface area (TPSA) is 125 Å². The molecule has 11 heteroatoms. The summed E-state index contributed by atoms with van der Waals surface area (Å²) in [6.45, 7) is 3.37. The smallest absolute Gasteiger partial charge is 0.360 e. The lowest BCUT2D eigenvalue weighted by molar-refractivity contribution is -0.132. The van der Waals surface area contributed by atoms with E-state index in [1.54, 1.807) is 38.1 Å². The van der Waals surface area contributed by atoms with E-state index in [0.29, 0.717) is 11.1 Å². The van der Waals surface area contributed by atoms with Crippen molar-refractivity contribution in [3.05, 3.63) is 70.3 Å². The molecule has 0 saturated heterocycles. The minimum Gasteiger partial charge on any atom is -0.464 e. The molecule has 2 aromatic rings. The Morgan fingerprint density at radius 2 is 1.24 bits per heavy atom. The van der Waals surface area contributed by atoms with E-state index in [9.17, 15) is 18.4 Å². The van der Waals surface area contributed by atoms with E-state index in [4.69, 9.17) is 0 Å². The molecule has 0 spiro atoms. The van der Waals surface area contributed by atoms with Crippen LogP contribution in [-0.2, 0) is 24.0 Å². The highest BCUT2D eigenvalue weighted by molar-refractivity contribution is 6.45. The number of halogens is 2. The van der Waals surface area contributed by atoms with Gasteiger partial charge in [-0.15, -0.1) is 0 Å². The third-order valence-electron chi connectivity index (χ3n) is 4.10. The Kier molecular flexibility index (Phi) is 14.1. The molecule has 0 atom stereocenters. The molecule has 0 fully saturated rings. The monoisotopic (exact) mass is 480 g/mol. The number of nitrogens with one attached hydrogen (secondary N) is 1. The largest absolute Gasteiger partial charge is 0.464 e. The van der Waals surface area contributed by atoms with Crippen LogP contribution in [0.25, 0.3) is 0 Å². The number of esters is 1. The summed E-state index contributed by atoms with van der Waals surface area (Å²) in [5, 5.41) is 9.43. The van der Waals surface area contributed by atoms with Gasteiger partial charge < -0.3 is 25.5 Å². The van der Waals surface area contributed by atoms with Gasteiger partial charge >= 0.3 is 5.97 Å². The van der Waals surface area contributed by atoms with Gasteiger partial charge in [0, 0.05) is 18.2 Å². The summed E-state index contributed by atoms with van der Waals surface area (Å²) in [6, 6.07) is 9.02. The quantitative estimate of drug-likeness (QED) is 0.372. The molecule has 2 aromatic carbocycles. The van der Waals surface area contributed by atoms with Crippen molar-refractivity contribution in [1.29, 1.82) is 0 Å². The number of carbonyl (C=O) groups excluding carboxylic acids is 2. The van der Waals surface area contributed by atoms with Crippen LogP contribution in [0.3, 0.4) is 0 Å². The molecule has 0 radical (unpaired) electrons. The van der Waals surface area contributed by atoms with Crippen molar-refractivity contribution >= 4 is 23.3 Å². The molecule has 186 valence electrons. The van der Waals surface area contributed by atoms with E-state index in [0.717, 1.165) is 0 Å². The Morgan fingerprint density at radius 3 is 1.59 bits per heavy atom. The molecular weight excluding hydrogens is 450 g/mol. The minimum absolute atomic E-state index is 0.0689. The number of nitrogens with two attached hydrogens (primary N) is 1. The third kappa shape index (κ3) is 8.24. The second-order valence-electron chi connectivity index (χ2n) is 6.18. The van der Waals surface area contributed by atoms with Gasteiger partial charge in [-0.1, -0.05) is 34.6 Å². The molecule has 0 saturated carbocycles. The molecule has 0 aliphatic heterocycles. The van der Waals surface area contributed by atoms with Gasteiger partial charge in [-0.2, -0.15) is 0 Å². The van der Waals surface area contributed by atoms with Gasteiger partial charge in [0.15, 0.2) is 11.4 Å². The summed E-state index contributed by atoms with van der Waals surface area (Å²) in [5.41, 5.74) is 5.71. The number of methoxy groups -OCH3 is 1.